The van der Waals surface area contributed by atoms with Crippen molar-refractivity contribution in [2.45, 2.75) is 46.0 Å². The van der Waals surface area contributed by atoms with Gasteiger partial charge in [0.1, 0.15) is 11.6 Å². The molecule has 37 heavy (non-hydrogen) atoms. The number of piperazine rings is 1. The van der Waals surface area contributed by atoms with Crippen LogP contribution in [0.1, 0.15) is 48.3 Å². The Balaban J connectivity index is 1.36. The molecule has 2 aliphatic rings. The molecule has 190 valence electrons. The van der Waals surface area contributed by atoms with Crippen molar-refractivity contribution in [1.82, 2.24) is 24.6 Å². The highest BCUT2D eigenvalue weighted by molar-refractivity contribution is 5.91. The number of fused-ring (bicyclic) bond motifs is 1. The topological polar surface area (TPSA) is 67.2 Å². The molecule has 2 aromatic carbocycles. The Morgan fingerprint density at radius 2 is 1.59 bits per heavy atom. The number of rotatable bonds is 5. The van der Waals surface area contributed by atoms with Crippen LogP contribution in [-0.4, -0.2) is 56.7 Å². The van der Waals surface area contributed by atoms with E-state index in [0.29, 0.717) is 12.3 Å². The summed E-state index contributed by atoms with van der Waals surface area (Å²) in [5.41, 5.74) is 5.16. The molecule has 1 aliphatic carbocycles. The molecule has 7 nitrogen and oxygen atoms in total. The molecule has 0 N–H and O–H groups in total. The highest BCUT2D eigenvalue weighted by atomic mass is 16.2. The van der Waals surface area contributed by atoms with E-state index in [1.54, 1.807) is 0 Å². The molecule has 1 saturated carbocycles. The lowest BCUT2D eigenvalue weighted by molar-refractivity contribution is -0.135. The van der Waals surface area contributed by atoms with Crippen LogP contribution in [0.15, 0.2) is 54.6 Å². The molecule has 2 fully saturated rings. The Labute approximate surface area is 218 Å². The minimum absolute atomic E-state index is 0.227. The van der Waals surface area contributed by atoms with E-state index in [0.717, 1.165) is 73.1 Å². The average Bonchev–Trinajstić information content (AvgIpc) is 3.59. The lowest BCUT2D eigenvalue weighted by atomic mass is 10.1. The molecule has 1 saturated heterocycles. The number of aryl methyl sites for hydroxylation is 2. The maximum atomic E-state index is 13.0. The number of amides is 1. The normalized spacial score (nSPS) is 16.6. The number of benzene rings is 2. The van der Waals surface area contributed by atoms with Gasteiger partial charge in [-0.1, -0.05) is 60.9 Å². The molecular formula is C30H34N6O. The first kappa shape index (κ1) is 23.6. The molecule has 2 aromatic heterocycles. The summed E-state index contributed by atoms with van der Waals surface area (Å²) in [7, 11) is 0. The van der Waals surface area contributed by atoms with Gasteiger partial charge in [0.25, 0.3) is 0 Å². The van der Waals surface area contributed by atoms with Crippen molar-refractivity contribution >= 4 is 22.8 Å². The monoisotopic (exact) mass is 494 g/mol. The van der Waals surface area contributed by atoms with Gasteiger partial charge in [-0.15, -0.1) is 0 Å². The lowest BCUT2D eigenvalue weighted by Crippen LogP contribution is -2.50. The Morgan fingerprint density at radius 3 is 2.30 bits per heavy atom. The van der Waals surface area contributed by atoms with Gasteiger partial charge in [0.15, 0.2) is 5.65 Å². The van der Waals surface area contributed by atoms with Gasteiger partial charge in [0, 0.05) is 38.5 Å². The number of aromatic nitrogens is 4. The molecular weight excluding hydrogens is 460 g/mol. The van der Waals surface area contributed by atoms with Gasteiger partial charge in [-0.25, -0.2) is 14.6 Å². The molecule has 0 radical (unpaired) electrons. The first-order chi connectivity index (χ1) is 18.1. The Kier molecular flexibility index (Phi) is 6.37. The fraction of sp³-hybridized carbons (Fsp3) is 0.400. The van der Waals surface area contributed by atoms with Crippen molar-refractivity contribution in [3.63, 3.8) is 0 Å². The van der Waals surface area contributed by atoms with Crippen molar-refractivity contribution in [3.05, 3.63) is 77.2 Å². The van der Waals surface area contributed by atoms with Gasteiger partial charge >= 0.3 is 0 Å². The first-order valence-corrected chi connectivity index (χ1v) is 13.5. The number of hydrogen-bond acceptors (Lipinski definition) is 5. The maximum Gasteiger partial charge on any atom is 0.225 e. The summed E-state index contributed by atoms with van der Waals surface area (Å²) in [4.78, 5) is 27.6. The van der Waals surface area contributed by atoms with E-state index in [-0.39, 0.29) is 5.92 Å². The smallest absolute Gasteiger partial charge is 0.225 e. The van der Waals surface area contributed by atoms with Crippen LogP contribution in [0.2, 0.25) is 0 Å². The first-order valence-electron chi connectivity index (χ1n) is 13.5. The molecule has 1 aliphatic heterocycles. The quantitative estimate of drug-likeness (QED) is 0.396. The zero-order chi connectivity index (χ0) is 25.4. The summed E-state index contributed by atoms with van der Waals surface area (Å²) in [6.45, 7) is 7.14. The van der Waals surface area contributed by atoms with Crippen molar-refractivity contribution < 1.29 is 4.79 Å². The molecule has 0 unspecified atom stereocenters. The number of para-hydroxylation sites is 1. The molecule has 0 spiro atoms. The number of hydrogen-bond donors (Lipinski definition) is 0. The summed E-state index contributed by atoms with van der Waals surface area (Å²) >= 11 is 0. The fourth-order valence-corrected chi connectivity index (χ4v) is 5.72. The zero-order valence-corrected chi connectivity index (χ0v) is 21.7. The van der Waals surface area contributed by atoms with E-state index < -0.39 is 0 Å². The zero-order valence-electron chi connectivity index (χ0n) is 21.7. The average molecular weight is 495 g/mol. The van der Waals surface area contributed by atoms with Crippen LogP contribution in [0.3, 0.4) is 0 Å². The second-order valence-corrected chi connectivity index (χ2v) is 10.5. The predicted molar refractivity (Wildman–Crippen MR) is 146 cm³/mol. The Morgan fingerprint density at radius 1 is 0.892 bits per heavy atom. The highest BCUT2D eigenvalue weighted by Crippen LogP contribution is 2.31. The van der Waals surface area contributed by atoms with Crippen LogP contribution in [0.4, 0.5) is 5.82 Å². The third-order valence-electron chi connectivity index (χ3n) is 7.81. The minimum Gasteiger partial charge on any atom is -0.352 e. The SMILES string of the molecule is Cc1ccc(Cc2nc(N3CCN(C(=O)C4CCCC4)CC3)c3c(C)nn(-c4ccccc4)c3n2)cc1. The van der Waals surface area contributed by atoms with Gasteiger partial charge in [-0.2, -0.15) is 5.10 Å². The summed E-state index contributed by atoms with van der Waals surface area (Å²) in [5.74, 6) is 2.29. The van der Waals surface area contributed by atoms with E-state index in [9.17, 15) is 4.79 Å². The third-order valence-corrected chi connectivity index (χ3v) is 7.81. The second kappa shape index (κ2) is 9.96. The third kappa shape index (κ3) is 4.70. The molecule has 4 aromatic rings. The van der Waals surface area contributed by atoms with E-state index in [1.807, 2.05) is 29.8 Å². The Bertz CT molecular complexity index is 1400. The van der Waals surface area contributed by atoms with Crippen molar-refractivity contribution in [2.24, 2.45) is 5.92 Å². The second-order valence-electron chi connectivity index (χ2n) is 10.5. The Hall–Kier alpha value is -3.74. The van der Waals surface area contributed by atoms with Crippen LogP contribution in [0.25, 0.3) is 16.7 Å². The van der Waals surface area contributed by atoms with Crippen LogP contribution in [0.5, 0.6) is 0 Å². The molecule has 0 bridgehead atoms. The van der Waals surface area contributed by atoms with Gasteiger partial charge in [0.05, 0.1) is 16.8 Å². The molecule has 1 amide bonds. The molecule has 0 atom stereocenters. The lowest BCUT2D eigenvalue weighted by Gasteiger charge is -2.37. The van der Waals surface area contributed by atoms with Gasteiger partial charge in [-0.05, 0) is 44.4 Å². The van der Waals surface area contributed by atoms with Gasteiger partial charge < -0.3 is 9.80 Å². The van der Waals surface area contributed by atoms with Crippen molar-refractivity contribution in [1.29, 1.82) is 0 Å². The van der Waals surface area contributed by atoms with Gasteiger partial charge in [-0.3, -0.25) is 4.79 Å². The standard InChI is InChI=1S/C30H34N6O/c1-21-12-14-23(15-13-21)20-26-31-28(34-16-18-35(19-17-34)30(37)24-8-6-7-9-24)27-22(2)33-36(29(27)32-26)25-10-4-3-5-11-25/h3-5,10-15,24H,6-9,16-20H2,1-2H3. The van der Waals surface area contributed by atoms with Crippen molar-refractivity contribution in [3.8, 4) is 5.69 Å². The summed E-state index contributed by atoms with van der Waals surface area (Å²) in [5, 5.41) is 5.89. The van der Waals surface area contributed by atoms with Crippen LogP contribution in [0, 0.1) is 19.8 Å². The summed E-state index contributed by atoms with van der Waals surface area (Å²) < 4.78 is 1.94. The van der Waals surface area contributed by atoms with Crippen LogP contribution >= 0.6 is 0 Å². The number of carbonyl (C=O) groups excluding carboxylic acids is 1. The van der Waals surface area contributed by atoms with Gasteiger partial charge in [0.2, 0.25) is 5.91 Å². The summed E-state index contributed by atoms with van der Waals surface area (Å²) in [6, 6.07) is 18.7. The van der Waals surface area contributed by atoms with E-state index in [2.05, 4.69) is 53.1 Å². The summed E-state index contributed by atoms with van der Waals surface area (Å²) in [6.07, 6.45) is 5.12. The van der Waals surface area contributed by atoms with E-state index in [4.69, 9.17) is 15.1 Å². The van der Waals surface area contributed by atoms with Crippen LogP contribution in [-0.2, 0) is 11.2 Å². The highest BCUT2D eigenvalue weighted by Gasteiger charge is 2.31. The fourth-order valence-electron chi connectivity index (χ4n) is 5.72. The maximum absolute atomic E-state index is 13.0. The van der Waals surface area contributed by atoms with Crippen LogP contribution < -0.4 is 4.90 Å². The largest absolute Gasteiger partial charge is 0.352 e. The predicted octanol–water partition coefficient (Wildman–Crippen LogP) is 4.86. The van der Waals surface area contributed by atoms with Crippen molar-refractivity contribution in [2.75, 3.05) is 31.1 Å². The molecule has 7 heteroatoms. The minimum atomic E-state index is 0.227. The number of nitrogens with zero attached hydrogens (tertiary/aromatic N) is 6. The number of carbonyl (C=O) groups is 1. The molecule has 6 rings (SSSR count). The molecule has 3 heterocycles. The van der Waals surface area contributed by atoms with E-state index >= 15 is 0 Å². The number of anilines is 1. The van der Waals surface area contributed by atoms with E-state index in [1.165, 1.54) is 24.0 Å².